The van der Waals surface area contributed by atoms with Crippen molar-refractivity contribution >= 4 is 27.3 Å². The summed E-state index contributed by atoms with van der Waals surface area (Å²) in [7, 11) is -3.91. The molecule has 1 aromatic carbocycles. The Bertz CT molecular complexity index is 1260. The first-order valence-corrected chi connectivity index (χ1v) is 12.3. The molecule has 4 unspecified atom stereocenters. The summed E-state index contributed by atoms with van der Waals surface area (Å²) in [5.74, 6) is 0.459. The van der Waals surface area contributed by atoms with Crippen LogP contribution in [0.5, 0.6) is 0 Å². The number of fused-ring (bicyclic) bond motifs is 1. The van der Waals surface area contributed by atoms with E-state index in [2.05, 4.69) is 20.0 Å². The van der Waals surface area contributed by atoms with Gasteiger partial charge in [0.25, 0.3) is 0 Å². The number of nitriles is 1. The second-order valence-electron chi connectivity index (χ2n) is 7.43. The monoisotopic (exact) mass is 469 g/mol. The average molecular weight is 470 g/mol. The minimum atomic E-state index is -3.91. The summed E-state index contributed by atoms with van der Waals surface area (Å²) < 4.78 is 40.1. The van der Waals surface area contributed by atoms with Gasteiger partial charge in [0.2, 0.25) is 16.0 Å². The predicted octanol–water partition coefficient (Wildman–Crippen LogP) is 2.00. The molecule has 9 nitrogen and oxygen atoms in total. The molecule has 2 N–H and O–H groups in total. The summed E-state index contributed by atoms with van der Waals surface area (Å²) in [4.78, 5) is 9.84. The molecule has 4 atom stereocenters. The summed E-state index contributed by atoms with van der Waals surface area (Å²) in [6.45, 7) is 0.493. The van der Waals surface area contributed by atoms with Gasteiger partial charge in [-0.3, -0.25) is 0 Å². The van der Waals surface area contributed by atoms with E-state index in [-0.39, 0.29) is 29.2 Å². The summed E-state index contributed by atoms with van der Waals surface area (Å²) in [5, 5.41) is 14.5. The smallest absolute Gasteiger partial charge is 0.242 e. The van der Waals surface area contributed by atoms with Gasteiger partial charge in [0.15, 0.2) is 0 Å². The topological polar surface area (TPSA) is 126 Å². The fourth-order valence-corrected chi connectivity index (χ4v) is 6.02. The maximum atomic E-state index is 12.9. The molecule has 3 aromatic rings. The Morgan fingerprint density at radius 2 is 1.84 bits per heavy atom. The number of nitrogens with one attached hydrogen (secondary N) is 2. The van der Waals surface area contributed by atoms with Crippen LogP contribution in [0, 0.1) is 11.3 Å². The van der Waals surface area contributed by atoms with Crippen LogP contribution in [-0.2, 0) is 19.5 Å². The highest BCUT2D eigenvalue weighted by molar-refractivity contribution is 7.89. The molecule has 32 heavy (non-hydrogen) atoms. The fraction of sp³-hybridized carbons (Fsp3) is 0.286. The number of sulfonamides is 1. The molecule has 2 saturated heterocycles. The van der Waals surface area contributed by atoms with Crippen molar-refractivity contribution in [1.82, 2.24) is 14.7 Å². The molecule has 164 valence electrons. The van der Waals surface area contributed by atoms with Crippen molar-refractivity contribution in [3.63, 3.8) is 0 Å². The first-order chi connectivity index (χ1) is 15.5. The van der Waals surface area contributed by atoms with Crippen molar-refractivity contribution in [3.8, 4) is 16.6 Å². The van der Waals surface area contributed by atoms with Crippen LogP contribution in [0.2, 0.25) is 0 Å². The van der Waals surface area contributed by atoms with Crippen LogP contribution in [0.3, 0.4) is 0 Å². The zero-order chi connectivity index (χ0) is 22.1. The van der Waals surface area contributed by atoms with Gasteiger partial charge in [-0.05, 0) is 29.6 Å². The number of anilines is 1. The lowest BCUT2D eigenvalue weighted by atomic mass is 10.1. The SMILES string of the molecule is N#Cc1ccccc1S(=O)(=O)NC1COC2C(Nc3nccc(-c4cccs4)n3)COC12. The highest BCUT2D eigenvalue weighted by Crippen LogP contribution is 2.30. The molecule has 2 fully saturated rings. The number of benzene rings is 1. The lowest BCUT2D eigenvalue weighted by Crippen LogP contribution is -2.44. The molecular weight excluding hydrogens is 450 g/mol. The highest BCUT2D eigenvalue weighted by Gasteiger charge is 2.49. The zero-order valence-corrected chi connectivity index (χ0v) is 18.3. The van der Waals surface area contributed by atoms with Gasteiger partial charge in [-0.2, -0.15) is 5.26 Å². The number of aromatic nitrogens is 2. The van der Waals surface area contributed by atoms with Crippen LogP contribution >= 0.6 is 11.3 Å². The summed E-state index contributed by atoms with van der Waals surface area (Å²) in [6, 6.07) is 13.0. The average Bonchev–Trinajstić information content (AvgIpc) is 3.54. The largest absolute Gasteiger partial charge is 0.371 e. The Balaban J connectivity index is 1.28. The molecule has 5 rings (SSSR count). The minimum Gasteiger partial charge on any atom is -0.371 e. The molecule has 0 amide bonds. The van der Waals surface area contributed by atoms with Crippen LogP contribution in [0.4, 0.5) is 5.95 Å². The van der Waals surface area contributed by atoms with Crippen molar-refractivity contribution in [2.24, 2.45) is 0 Å². The number of thiophene rings is 1. The van der Waals surface area contributed by atoms with Gasteiger partial charge in [0, 0.05) is 6.20 Å². The molecule has 0 aliphatic carbocycles. The fourth-order valence-electron chi connectivity index (χ4n) is 3.94. The third-order valence-corrected chi connectivity index (χ3v) is 7.84. The van der Waals surface area contributed by atoms with Crippen molar-refractivity contribution in [2.45, 2.75) is 29.2 Å². The Morgan fingerprint density at radius 3 is 2.62 bits per heavy atom. The lowest BCUT2D eigenvalue weighted by Gasteiger charge is -2.18. The van der Waals surface area contributed by atoms with Crippen molar-refractivity contribution in [2.75, 3.05) is 18.5 Å². The quantitative estimate of drug-likeness (QED) is 0.561. The van der Waals surface area contributed by atoms with Gasteiger partial charge in [-0.15, -0.1) is 11.3 Å². The Morgan fingerprint density at radius 1 is 1.06 bits per heavy atom. The lowest BCUT2D eigenvalue weighted by molar-refractivity contribution is 0.0690. The second kappa shape index (κ2) is 8.57. The second-order valence-corrected chi connectivity index (χ2v) is 10.1. The number of ether oxygens (including phenoxy) is 2. The van der Waals surface area contributed by atoms with E-state index < -0.39 is 22.2 Å². The summed E-state index contributed by atoms with van der Waals surface area (Å²) >= 11 is 1.60. The molecular formula is C21H19N5O4S2. The van der Waals surface area contributed by atoms with Gasteiger partial charge in [0.05, 0.1) is 46.3 Å². The van der Waals surface area contributed by atoms with E-state index in [1.165, 1.54) is 12.1 Å². The summed E-state index contributed by atoms with van der Waals surface area (Å²) in [6.07, 6.45) is 0.872. The third-order valence-electron chi connectivity index (χ3n) is 5.40. The maximum absolute atomic E-state index is 12.9. The standard InChI is InChI=1S/C21H19N5O4S2/c22-10-13-4-1-2-6-18(13)32(27,28)26-16-12-30-19-15(11-29-20(16)19)25-21-23-8-7-14(24-21)17-5-3-9-31-17/h1-9,15-16,19-20,26H,11-12H2,(H,23,24,25). The van der Waals surface area contributed by atoms with E-state index in [1.807, 2.05) is 29.6 Å². The van der Waals surface area contributed by atoms with Gasteiger partial charge in [0.1, 0.15) is 18.3 Å². The van der Waals surface area contributed by atoms with Gasteiger partial charge in [-0.1, -0.05) is 18.2 Å². The zero-order valence-electron chi connectivity index (χ0n) is 16.7. The number of rotatable bonds is 6. The molecule has 2 aliphatic heterocycles. The molecule has 0 spiro atoms. The number of hydrogen-bond donors (Lipinski definition) is 2. The molecule has 0 bridgehead atoms. The molecule has 2 aromatic heterocycles. The summed E-state index contributed by atoms with van der Waals surface area (Å²) in [5.41, 5.74) is 0.909. The first kappa shape index (κ1) is 21.0. The van der Waals surface area contributed by atoms with E-state index in [1.54, 1.807) is 29.7 Å². The normalized spacial score (nSPS) is 24.7. The van der Waals surface area contributed by atoms with E-state index in [9.17, 15) is 13.7 Å². The van der Waals surface area contributed by atoms with Crippen LogP contribution in [0.25, 0.3) is 10.6 Å². The highest BCUT2D eigenvalue weighted by atomic mass is 32.2. The van der Waals surface area contributed by atoms with E-state index in [4.69, 9.17) is 9.47 Å². The van der Waals surface area contributed by atoms with Gasteiger partial charge >= 0.3 is 0 Å². The molecule has 4 heterocycles. The van der Waals surface area contributed by atoms with Crippen LogP contribution in [0.15, 0.2) is 58.9 Å². The molecule has 0 saturated carbocycles. The van der Waals surface area contributed by atoms with Gasteiger partial charge < -0.3 is 14.8 Å². The van der Waals surface area contributed by atoms with Crippen LogP contribution in [-0.4, -0.2) is 55.9 Å². The van der Waals surface area contributed by atoms with Crippen LogP contribution < -0.4 is 10.0 Å². The van der Waals surface area contributed by atoms with Gasteiger partial charge in [-0.25, -0.2) is 23.1 Å². The predicted molar refractivity (Wildman–Crippen MR) is 118 cm³/mol. The van der Waals surface area contributed by atoms with E-state index >= 15 is 0 Å². The Hall–Kier alpha value is -2.88. The third kappa shape index (κ3) is 3.99. The van der Waals surface area contributed by atoms with Crippen molar-refractivity contribution in [1.29, 1.82) is 5.26 Å². The number of hydrogen-bond acceptors (Lipinski definition) is 9. The van der Waals surface area contributed by atoms with Crippen molar-refractivity contribution < 1.29 is 17.9 Å². The van der Waals surface area contributed by atoms with Crippen LogP contribution in [0.1, 0.15) is 5.56 Å². The van der Waals surface area contributed by atoms with E-state index in [0.29, 0.717) is 12.6 Å². The molecule has 0 radical (unpaired) electrons. The van der Waals surface area contributed by atoms with E-state index in [0.717, 1.165) is 10.6 Å². The first-order valence-electron chi connectivity index (χ1n) is 9.93. The Kier molecular flexibility index (Phi) is 5.62. The molecule has 11 heteroatoms. The maximum Gasteiger partial charge on any atom is 0.242 e. The number of nitrogens with zero attached hydrogens (tertiary/aromatic N) is 3. The Labute approximate surface area is 189 Å². The molecule has 2 aliphatic rings. The minimum absolute atomic E-state index is 0.0580. The van der Waals surface area contributed by atoms with Crippen molar-refractivity contribution in [3.05, 3.63) is 59.6 Å².